The molecule has 0 amide bonds. The number of nitrogens with two attached hydrogens (primary N) is 1. The molecule has 1 aromatic carbocycles. The zero-order valence-electron chi connectivity index (χ0n) is 6.66. The summed E-state index contributed by atoms with van der Waals surface area (Å²) in [6.07, 6.45) is 0. The van der Waals surface area contributed by atoms with Gasteiger partial charge in [-0.1, -0.05) is 6.07 Å². The molecule has 1 rings (SSSR count). The van der Waals surface area contributed by atoms with E-state index in [1.54, 1.807) is 0 Å². The first-order valence-electron chi connectivity index (χ1n) is 3.37. The van der Waals surface area contributed by atoms with E-state index >= 15 is 0 Å². The van der Waals surface area contributed by atoms with Crippen molar-refractivity contribution in [3.05, 3.63) is 35.1 Å². The summed E-state index contributed by atoms with van der Waals surface area (Å²) >= 11 is 0. The summed E-state index contributed by atoms with van der Waals surface area (Å²) in [5, 5.41) is 8.60. The first kappa shape index (κ1) is 11.9. The fraction of sp³-hybridized carbons (Fsp3) is 0.125. The lowest BCUT2D eigenvalue weighted by Crippen LogP contribution is -2.07. The molecule has 0 saturated carbocycles. The van der Waals surface area contributed by atoms with Gasteiger partial charge < -0.3 is 10.8 Å². The second-order valence-corrected chi connectivity index (χ2v) is 2.31. The Morgan fingerprint density at radius 2 is 2.15 bits per heavy atom. The van der Waals surface area contributed by atoms with Crippen LogP contribution in [0.1, 0.15) is 15.9 Å². The normalized spacial score (nSPS) is 9.08. The molecule has 0 fully saturated rings. The quantitative estimate of drug-likeness (QED) is 0.767. The number of aromatic carboxylic acids is 1. The third-order valence-electron chi connectivity index (χ3n) is 1.52. The molecule has 0 aliphatic rings. The largest absolute Gasteiger partial charge is 0.478 e. The van der Waals surface area contributed by atoms with Gasteiger partial charge in [-0.25, -0.2) is 9.18 Å². The van der Waals surface area contributed by atoms with Gasteiger partial charge in [0.25, 0.3) is 0 Å². The van der Waals surface area contributed by atoms with Gasteiger partial charge in [-0.05, 0) is 17.7 Å². The number of benzene rings is 1. The van der Waals surface area contributed by atoms with Crippen molar-refractivity contribution in [2.75, 3.05) is 0 Å². The molecular weight excluding hydrogens is 197 g/mol. The highest BCUT2D eigenvalue weighted by atomic mass is 35.5. The molecule has 1 aromatic rings. The Kier molecular flexibility index (Phi) is 4.37. The average molecular weight is 206 g/mol. The second-order valence-electron chi connectivity index (χ2n) is 2.31. The summed E-state index contributed by atoms with van der Waals surface area (Å²) in [7, 11) is 0. The van der Waals surface area contributed by atoms with Crippen LogP contribution in [0.4, 0.5) is 4.39 Å². The fourth-order valence-electron chi connectivity index (χ4n) is 0.926. The Balaban J connectivity index is 0.00000144. The molecule has 0 saturated heterocycles. The van der Waals surface area contributed by atoms with E-state index in [9.17, 15) is 9.18 Å². The summed E-state index contributed by atoms with van der Waals surface area (Å²) in [5.74, 6) is -1.72. The molecular formula is C8H9ClFNO2. The molecule has 0 aromatic heterocycles. The van der Waals surface area contributed by atoms with Crippen molar-refractivity contribution < 1.29 is 14.3 Å². The minimum absolute atomic E-state index is 0. The van der Waals surface area contributed by atoms with Gasteiger partial charge in [0.05, 0.1) is 5.56 Å². The van der Waals surface area contributed by atoms with Gasteiger partial charge in [-0.2, -0.15) is 0 Å². The average Bonchev–Trinajstić information content (AvgIpc) is 2.04. The molecule has 3 nitrogen and oxygen atoms in total. The van der Waals surface area contributed by atoms with Crippen LogP contribution in [0.25, 0.3) is 0 Å². The smallest absolute Gasteiger partial charge is 0.336 e. The molecule has 0 atom stereocenters. The van der Waals surface area contributed by atoms with Crippen molar-refractivity contribution >= 4 is 18.4 Å². The lowest BCUT2D eigenvalue weighted by Gasteiger charge is -2.01. The summed E-state index contributed by atoms with van der Waals surface area (Å²) in [6.45, 7) is 0.0991. The number of hydrogen-bond donors (Lipinski definition) is 2. The Labute approximate surface area is 80.8 Å². The second kappa shape index (κ2) is 4.79. The zero-order valence-corrected chi connectivity index (χ0v) is 7.47. The molecule has 0 unspecified atom stereocenters. The Hall–Kier alpha value is -1.13. The third-order valence-corrected chi connectivity index (χ3v) is 1.52. The molecule has 0 aliphatic carbocycles. The van der Waals surface area contributed by atoms with Crippen molar-refractivity contribution in [3.8, 4) is 0 Å². The monoisotopic (exact) mass is 205 g/mol. The fourth-order valence-corrected chi connectivity index (χ4v) is 0.926. The van der Waals surface area contributed by atoms with Crippen LogP contribution in [0.5, 0.6) is 0 Å². The van der Waals surface area contributed by atoms with Crippen LogP contribution in [-0.2, 0) is 6.54 Å². The van der Waals surface area contributed by atoms with E-state index < -0.39 is 11.8 Å². The molecule has 0 bridgehead atoms. The van der Waals surface area contributed by atoms with Crippen molar-refractivity contribution in [1.29, 1.82) is 0 Å². The van der Waals surface area contributed by atoms with E-state index in [4.69, 9.17) is 10.8 Å². The lowest BCUT2D eigenvalue weighted by atomic mass is 10.1. The minimum Gasteiger partial charge on any atom is -0.478 e. The molecule has 5 heteroatoms. The highest BCUT2D eigenvalue weighted by molar-refractivity contribution is 5.89. The van der Waals surface area contributed by atoms with Crippen molar-refractivity contribution in [1.82, 2.24) is 0 Å². The van der Waals surface area contributed by atoms with E-state index in [-0.39, 0.29) is 24.5 Å². The van der Waals surface area contributed by atoms with Crippen LogP contribution in [-0.4, -0.2) is 11.1 Å². The van der Waals surface area contributed by atoms with Crippen LogP contribution in [0.15, 0.2) is 18.2 Å². The highest BCUT2D eigenvalue weighted by Gasteiger charge is 2.09. The van der Waals surface area contributed by atoms with E-state index in [0.717, 1.165) is 6.07 Å². The SMILES string of the molecule is Cl.NCc1ccc(F)cc1C(=O)O. The van der Waals surface area contributed by atoms with E-state index in [1.165, 1.54) is 12.1 Å². The van der Waals surface area contributed by atoms with E-state index in [0.29, 0.717) is 5.56 Å². The number of carbonyl (C=O) groups is 1. The molecule has 0 spiro atoms. The number of halogens is 2. The summed E-state index contributed by atoms with van der Waals surface area (Å²) in [4.78, 5) is 10.5. The zero-order chi connectivity index (χ0) is 9.14. The molecule has 3 N–H and O–H groups in total. The lowest BCUT2D eigenvalue weighted by molar-refractivity contribution is 0.0695. The molecule has 0 aliphatic heterocycles. The van der Waals surface area contributed by atoms with Gasteiger partial charge in [-0.3, -0.25) is 0 Å². The Morgan fingerprint density at radius 3 is 2.62 bits per heavy atom. The topological polar surface area (TPSA) is 63.3 Å². The maximum atomic E-state index is 12.5. The van der Waals surface area contributed by atoms with Gasteiger partial charge in [0.15, 0.2) is 0 Å². The van der Waals surface area contributed by atoms with Crippen molar-refractivity contribution in [2.24, 2.45) is 5.73 Å². The number of hydrogen-bond acceptors (Lipinski definition) is 2. The summed E-state index contributed by atoms with van der Waals surface area (Å²) in [6, 6.07) is 3.53. The standard InChI is InChI=1S/C8H8FNO2.ClH/c9-6-2-1-5(4-10)7(3-6)8(11)12;/h1-3H,4,10H2,(H,11,12);1H. The van der Waals surface area contributed by atoms with Crippen molar-refractivity contribution in [2.45, 2.75) is 6.54 Å². The maximum Gasteiger partial charge on any atom is 0.336 e. The van der Waals surface area contributed by atoms with Gasteiger partial charge >= 0.3 is 5.97 Å². The predicted octanol–water partition coefficient (Wildman–Crippen LogP) is 1.40. The van der Waals surface area contributed by atoms with E-state index in [2.05, 4.69) is 0 Å². The van der Waals surface area contributed by atoms with Crippen LogP contribution < -0.4 is 5.73 Å². The molecule has 13 heavy (non-hydrogen) atoms. The first-order chi connectivity index (χ1) is 5.65. The summed E-state index contributed by atoms with van der Waals surface area (Å²) < 4.78 is 12.5. The molecule has 0 radical (unpaired) electrons. The van der Waals surface area contributed by atoms with Crippen LogP contribution in [0.3, 0.4) is 0 Å². The van der Waals surface area contributed by atoms with Crippen LogP contribution in [0, 0.1) is 5.82 Å². The minimum atomic E-state index is -1.16. The first-order valence-corrected chi connectivity index (χ1v) is 3.37. The number of rotatable bonds is 2. The molecule has 72 valence electrons. The predicted molar refractivity (Wildman–Crippen MR) is 48.5 cm³/mol. The van der Waals surface area contributed by atoms with Crippen molar-refractivity contribution in [3.63, 3.8) is 0 Å². The number of carboxylic acid groups (broad SMARTS) is 1. The highest BCUT2D eigenvalue weighted by Crippen LogP contribution is 2.10. The summed E-state index contributed by atoms with van der Waals surface area (Å²) in [5.41, 5.74) is 5.62. The van der Waals surface area contributed by atoms with Gasteiger partial charge in [0, 0.05) is 6.54 Å². The number of carboxylic acids is 1. The Bertz CT molecular complexity index is 317. The van der Waals surface area contributed by atoms with Gasteiger partial charge in [0.2, 0.25) is 0 Å². The van der Waals surface area contributed by atoms with Crippen LogP contribution >= 0.6 is 12.4 Å². The Morgan fingerprint density at radius 1 is 1.54 bits per heavy atom. The third kappa shape index (κ3) is 2.68. The van der Waals surface area contributed by atoms with Crippen LogP contribution in [0.2, 0.25) is 0 Å². The maximum absolute atomic E-state index is 12.5. The molecule has 0 heterocycles. The van der Waals surface area contributed by atoms with E-state index in [1.807, 2.05) is 0 Å². The van der Waals surface area contributed by atoms with Gasteiger partial charge in [0.1, 0.15) is 5.82 Å². The van der Waals surface area contributed by atoms with Gasteiger partial charge in [-0.15, -0.1) is 12.4 Å².